The van der Waals surface area contributed by atoms with Gasteiger partial charge in [0.15, 0.2) is 0 Å². The Bertz CT molecular complexity index is 1320. The molecule has 9 heteroatoms. The molecule has 4 rings (SSSR count). The fraction of sp³-hybridized carbons (Fsp3) is 0.467. The molecule has 7 nitrogen and oxygen atoms in total. The summed E-state index contributed by atoms with van der Waals surface area (Å²) in [5, 5.41) is 20.6. The Morgan fingerprint density at radius 1 is 0.974 bits per heavy atom. The van der Waals surface area contributed by atoms with Crippen molar-refractivity contribution < 1.29 is 14.3 Å². The Morgan fingerprint density at radius 3 is 2.21 bits per heavy atom. The summed E-state index contributed by atoms with van der Waals surface area (Å²) >= 11 is -2.85. The van der Waals surface area contributed by atoms with Gasteiger partial charge < -0.3 is 0 Å². The molecule has 0 bridgehead atoms. The number of unbranched alkanes of at least 4 members (excludes halogenated alkanes) is 3. The van der Waals surface area contributed by atoms with Crippen LogP contribution in [0.3, 0.4) is 0 Å². The van der Waals surface area contributed by atoms with Crippen molar-refractivity contribution >= 4 is 33.8 Å². The van der Waals surface area contributed by atoms with E-state index in [0.29, 0.717) is 22.9 Å². The Kier molecular flexibility index (Phi) is 9.80. The molecule has 2 heterocycles. The van der Waals surface area contributed by atoms with Gasteiger partial charge in [-0.05, 0) is 0 Å². The Hall–Kier alpha value is -2.75. The summed E-state index contributed by atoms with van der Waals surface area (Å²) < 4.78 is 22.5. The number of nitrogens with one attached hydrogen (secondary N) is 1. The number of carbonyl (C=O) groups is 1. The average molecular weight is 640 g/mol. The van der Waals surface area contributed by atoms with Crippen LogP contribution in [0.5, 0.6) is 0 Å². The van der Waals surface area contributed by atoms with Crippen molar-refractivity contribution in [2.45, 2.75) is 85.7 Å². The van der Waals surface area contributed by atoms with Gasteiger partial charge in [-0.3, -0.25) is 0 Å². The molecule has 0 aliphatic carbocycles. The number of nitrogens with zero attached hydrogens (tertiary/aromatic N) is 4. The molecule has 1 atom stereocenters. The standard InChI is InChI=1S/C18H13FN5O2.3C4H9.Sn/c1-10-22-23-17-16(21-18(25)26)20-15(11-6-2-4-8-13(11)19)12-7-3-5-9-14(12)24(10)17;3*1-3-4-2;/h2,4-9,16,21H,1H3,(H,25,26);3*1,3-4H2,2H3;. The Labute approximate surface area is 234 Å². The second kappa shape index (κ2) is 13.1. The number of amides is 1. The van der Waals surface area contributed by atoms with Crippen LogP contribution < -0.4 is 8.90 Å². The molecule has 3 aromatic rings. The number of hydrogen-bond acceptors (Lipinski definition) is 4. The molecule has 1 aliphatic rings. The zero-order chi connectivity index (χ0) is 28.0. The monoisotopic (exact) mass is 641 g/mol. The number of rotatable bonds is 12. The average Bonchev–Trinajstić information content (AvgIpc) is 3.25. The van der Waals surface area contributed by atoms with Crippen LogP contribution in [0.2, 0.25) is 13.3 Å². The summed E-state index contributed by atoms with van der Waals surface area (Å²) in [6, 6.07) is 13.2. The zero-order valence-corrected chi connectivity index (χ0v) is 26.4. The molecule has 0 saturated heterocycles. The van der Waals surface area contributed by atoms with Crippen LogP contribution in [0.25, 0.3) is 5.69 Å². The Morgan fingerprint density at radius 2 is 1.62 bits per heavy atom. The number of carboxylic acid groups (broad SMARTS) is 1. The number of halogens is 1. The van der Waals surface area contributed by atoms with Gasteiger partial charge in [0, 0.05) is 0 Å². The first-order valence-electron chi connectivity index (χ1n) is 14.2. The van der Waals surface area contributed by atoms with Gasteiger partial charge in [-0.25, -0.2) is 0 Å². The molecular formula is C30H40FN5O2Sn. The maximum atomic E-state index is 15.3. The van der Waals surface area contributed by atoms with Crippen LogP contribution in [0, 0.1) is 12.7 Å². The van der Waals surface area contributed by atoms with E-state index in [1.165, 1.54) is 61.5 Å². The van der Waals surface area contributed by atoms with E-state index < -0.39 is 36.5 Å². The van der Waals surface area contributed by atoms with Gasteiger partial charge in [-0.1, -0.05) is 0 Å². The molecule has 2 aromatic carbocycles. The van der Waals surface area contributed by atoms with Gasteiger partial charge in [-0.2, -0.15) is 0 Å². The van der Waals surface area contributed by atoms with Crippen molar-refractivity contribution in [3.63, 3.8) is 0 Å². The number of aliphatic imine (C=N–C) groups is 1. The quantitative estimate of drug-likeness (QED) is 0.211. The number of hydrogen-bond donors (Lipinski definition) is 2. The molecule has 39 heavy (non-hydrogen) atoms. The van der Waals surface area contributed by atoms with Crippen LogP contribution in [0.15, 0.2) is 47.5 Å². The van der Waals surface area contributed by atoms with E-state index >= 15 is 4.39 Å². The second-order valence-electron chi connectivity index (χ2n) is 10.6. The molecule has 208 valence electrons. The third-order valence-electron chi connectivity index (χ3n) is 7.87. The molecule has 1 amide bonds. The molecule has 1 aliphatic heterocycles. The molecular weight excluding hydrogens is 600 g/mol. The van der Waals surface area contributed by atoms with E-state index in [1.54, 1.807) is 18.2 Å². The SMILES string of the molecule is CCC[CH2][Sn]([CH2]CCC)([CH2]CCC)[c]1ccc2c(c1)C(c1ccccc1F)=NC(NC(=O)O)c1nnc(C)n1-2. The topological polar surface area (TPSA) is 92.4 Å². The van der Waals surface area contributed by atoms with Crippen molar-refractivity contribution in [2.75, 3.05) is 0 Å². The summed E-state index contributed by atoms with van der Waals surface area (Å²) in [5.74, 6) is 0.598. The molecule has 0 radical (unpaired) electrons. The van der Waals surface area contributed by atoms with Gasteiger partial charge >= 0.3 is 236 Å². The van der Waals surface area contributed by atoms with Crippen LogP contribution in [0.1, 0.15) is 88.2 Å². The van der Waals surface area contributed by atoms with E-state index in [-0.39, 0.29) is 0 Å². The van der Waals surface area contributed by atoms with Crippen LogP contribution in [0.4, 0.5) is 9.18 Å². The van der Waals surface area contributed by atoms with Crippen LogP contribution >= 0.6 is 0 Å². The molecule has 0 saturated carbocycles. The fourth-order valence-electron chi connectivity index (χ4n) is 5.80. The van der Waals surface area contributed by atoms with Gasteiger partial charge in [0.05, 0.1) is 0 Å². The van der Waals surface area contributed by atoms with E-state index in [9.17, 15) is 9.90 Å². The van der Waals surface area contributed by atoms with E-state index in [4.69, 9.17) is 4.99 Å². The van der Waals surface area contributed by atoms with E-state index in [0.717, 1.165) is 11.3 Å². The predicted molar refractivity (Wildman–Crippen MR) is 157 cm³/mol. The normalized spacial score (nSPS) is 14.8. The summed E-state index contributed by atoms with van der Waals surface area (Å²) in [4.78, 5) is 16.6. The molecule has 2 N–H and O–H groups in total. The molecule has 0 spiro atoms. The molecule has 1 unspecified atom stereocenters. The van der Waals surface area contributed by atoms with E-state index in [2.05, 4.69) is 54.5 Å². The molecule has 0 fully saturated rings. The summed E-state index contributed by atoms with van der Waals surface area (Å²) in [7, 11) is 0. The van der Waals surface area contributed by atoms with Crippen molar-refractivity contribution in [2.24, 2.45) is 4.99 Å². The van der Waals surface area contributed by atoms with Crippen LogP contribution in [-0.2, 0) is 0 Å². The minimum atomic E-state index is -2.85. The third kappa shape index (κ3) is 6.20. The van der Waals surface area contributed by atoms with Crippen molar-refractivity contribution in [1.82, 2.24) is 20.1 Å². The third-order valence-corrected chi connectivity index (χ3v) is 23.5. The van der Waals surface area contributed by atoms with Gasteiger partial charge in [0.25, 0.3) is 0 Å². The minimum absolute atomic E-state index is 0.348. The summed E-state index contributed by atoms with van der Waals surface area (Å²) in [6.45, 7) is 8.64. The summed E-state index contributed by atoms with van der Waals surface area (Å²) in [5.41, 5.74) is 2.40. The van der Waals surface area contributed by atoms with Crippen LogP contribution in [-0.4, -0.2) is 50.1 Å². The van der Waals surface area contributed by atoms with E-state index in [1.807, 2.05) is 11.5 Å². The zero-order valence-electron chi connectivity index (χ0n) is 23.5. The predicted octanol–water partition coefficient (Wildman–Crippen LogP) is 6.89. The second-order valence-corrected chi connectivity index (χ2v) is 23.8. The van der Waals surface area contributed by atoms with Gasteiger partial charge in [0.2, 0.25) is 0 Å². The maximum absolute atomic E-state index is 15.3. The number of aryl methyl sites for hydroxylation is 1. The van der Waals surface area contributed by atoms with Crippen molar-refractivity contribution in [1.29, 1.82) is 0 Å². The van der Waals surface area contributed by atoms with Gasteiger partial charge in [-0.15, -0.1) is 0 Å². The Balaban J connectivity index is 2.00. The fourth-order valence-corrected chi connectivity index (χ4v) is 21.8. The van der Waals surface area contributed by atoms with Crippen molar-refractivity contribution in [3.05, 3.63) is 71.1 Å². The first-order chi connectivity index (χ1) is 18.8. The number of fused-ring (bicyclic) bond motifs is 3. The number of aromatic nitrogens is 3. The number of benzene rings is 2. The summed E-state index contributed by atoms with van der Waals surface area (Å²) in [6.07, 6.45) is 4.96. The molecule has 1 aromatic heterocycles. The van der Waals surface area contributed by atoms with Crippen molar-refractivity contribution in [3.8, 4) is 5.69 Å². The first kappa shape index (κ1) is 29.2. The van der Waals surface area contributed by atoms with Gasteiger partial charge in [0.1, 0.15) is 0 Å². The first-order valence-corrected chi connectivity index (χ1v) is 21.7.